The average Bonchev–Trinajstić information content (AvgIpc) is 1.84. The van der Waals surface area contributed by atoms with Crippen LogP contribution in [-0.4, -0.2) is 17.5 Å². The molecule has 0 atom stereocenters. The van der Waals surface area contributed by atoms with Crippen LogP contribution >= 0.6 is 0 Å². The van der Waals surface area contributed by atoms with E-state index in [-0.39, 0.29) is 11.0 Å². The van der Waals surface area contributed by atoms with Crippen LogP contribution in [0.2, 0.25) is 0 Å². The van der Waals surface area contributed by atoms with Gasteiger partial charge in [-0.3, -0.25) is 0 Å². The quantitative estimate of drug-likeness (QED) is 0.497. The minimum Gasteiger partial charge on any atom is -0.372 e. The molecule has 1 nitrogen and oxygen atoms in total. The highest BCUT2D eigenvalue weighted by Gasteiger charge is 2.53. The van der Waals surface area contributed by atoms with E-state index in [1.807, 2.05) is 0 Å². The Hall–Kier alpha value is -0.460. The van der Waals surface area contributed by atoms with Gasteiger partial charge < -0.3 is 4.90 Å². The summed E-state index contributed by atoms with van der Waals surface area (Å²) in [6.07, 6.45) is 0. The van der Waals surface area contributed by atoms with Crippen LogP contribution < -0.4 is 0 Å². The Morgan fingerprint density at radius 1 is 1.20 bits per heavy atom. The molecule has 10 heavy (non-hydrogen) atoms. The highest BCUT2D eigenvalue weighted by molar-refractivity contribution is 5.26. The van der Waals surface area contributed by atoms with Crippen LogP contribution in [0.15, 0.2) is 12.3 Å². The first-order chi connectivity index (χ1) is 4.32. The van der Waals surface area contributed by atoms with E-state index in [1.165, 1.54) is 5.70 Å². The van der Waals surface area contributed by atoms with Gasteiger partial charge in [0.2, 0.25) is 0 Å². The summed E-state index contributed by atoms with van der Waals surface area (Å²) < 4.78 is 0. The second kappa shape index (κ2) is 1.58. The van der Waals surface area contributed by atoms with Crippen molar-refractivity contribution in [1.82, 2.24) is 4.90 Å². The lowest BCUT2D eigenvalue weighted by Gasteiger charge is -2.62. The Kier molecular flexibility index (Phi) is 1.21. The van der Waals surface area contributed by atoms with E-state index in [0.717, 1.165) is 0 Å². The maximum atomic E-state index is 4.02. The summed E-state index contributed by atoms with van der Waals surface area (Å²) in [6, 6.07) is 0. The van der Waals surface area contributed by atoms with Crippen molar-refractivity contribution in [2.24, 2.45) is 5.41 Å². The van der Waals surface area contributed by atoms with Gasteiger partial charge in [0, 0.05) is 23.7 Å². The van der Waals surface area contributed by atoms with Crippen LogP contribution in [0.4, 0.5) is 0 Å². The number of rotatable bonds is 0. The molecule has 0 aromatic heterocycles. The first-order valence-electron chi connectivity index (χ1n) is 3.75. The molecule has 1 fully saturated rings. The molecule has 0 unspecified atom stereocenters. The van der Waals surface area contributed by atoms with Gasteiger partial charge in [0.15, 0.2) is 0 Å². The van der Waals surface area contributed by atoms with E-state index in [2.05, 4.69) is 46.2 Å². The molecule has 0 bridgehead atoms. The summed E-state index contributed by atoms with van der Waals surface area (Å²) in [6.45, 7) is 13.0. The van der Waals surface area contributed by atoms with Crippen molar-refractivity contribution in [1.29, 1.82) is 0 Å². The fourth-order valence-corrected chi connectivity index (χ4v) is 1.48. The molecule has 1 heterocycles. The van der Waals surface area contributed by atoms with E-state index in [9.17, 15) is 0 Å². The van der Waals surface area contributed by atoms with Crippen molar-refractivity contribution in [2.75, 3.05) is 7.05 Å². The topological polar surface area (TPSA) is 3.24 Å². The first-order valence-corrected chi connectivity index (χ1v) is 3.75. The molecule has 1 rings (SSSR count). The normalized spacial score (nSPS) is 28.1. The van der Waals surface area contributed by atoms with E-state index in [4.69, 9.17) is 0 Å². The molecular formula is C9H17N. The van der Waals surface area contributed by atoms with E-state index in [1.54, 1.807) is 0 Å². The monoisotopic (exact) mass is 139 g/mol. The Morgan fingerprint density at radius 2 is 1.60 bits per heavy atom. The zero-order valence-corrected chi connectivity index (χ0v) is 7.65. The minimum atomic E-state index is 0.280. The van der Waals surface area contributed by atoms with Gasteiger partial charge in [-0.25, -0.2) is 0 Å². The Labute approximate surface area is 63.7 Å². The molecule has 58 valence electrons. The largest absolute Gasteiger partial charge is 0.372 e. The molecule has 1 heteroatoms. The van der Waals surface area contributed by atoms with Gasteiger partial charge in [0.25, 0.3) is 0 Å². The standard InChI is InChI=1S/C9H17N/c1-7-8(2,3)9(4,5)10(7)6/h1H2,2-6H3. The Morgan fingerprint density at radius 3 is 1.70 bits per heavy atom. The molecule has 0 spiro atoms. The summed E-state index contributed by atoms with van der Waals surface area (Å²) in [4.78, 5) is 2.24. The number of nitrogens with zero attached hydrogens (tertiary/aromatic N) is 1. The summed E-state index contributed by atoms with van der Waals surface area (Å²) in [5.41, 5.74) is 1.81. The SMILES string of the molecule is C=C1N(C)C(C)(C)C1(C)C. The van der Waals surface area contributed by atoms with Gasteiger partial charge >= 0.3 is 0 Å². The third kappa shape index (κ3) is 0.536. The van der Waals surface area contributed by atoms with Crippen LogP contribution in [0, 0.1) is 5.41 Å². The van der Waals surface area contributed by atoms with Crippen molar-refractivity contribution in [2.45, 2.75) is 33.2 Å². The smallest absolute Gasteiger partial charge is 0.0444 e. The number of hydrogen-bond donors (Lipinski definition) is 0. The minimum absolute atomic E-state index is 0.280. The van der Waals surface area contributed by atoms with Crippen molar-refractivity contribution in [3.8, 4) is 0 Å². The van der Waals surface area contributed by atoms with Gasteiger partial charge in [-0.1, -0.05) is 20.4 Å². The number of likely N-dealkylation sites (tertiary alicyclic amines) is 1. The molecule has 1 aliphatic rings. The molecular weight excluding hydrogens is 122 g/mol. The number of hydrogen-bond acceptors (Lipinski definition) is 1. The molecule has 0 aromatic rings. The lowest BCUT2D eigenvalue weighted by atomic mass is 9.63. The lowest BCUT2D eigenvalue weighted by molar-refractivity contribution is -0.0358. The van der Waals surface area contributed by atoms with Gasteiger partial charge in [0.05, 0.1) is 0 Å². The van der Waals surface area contributed by atoms with Crippen molar-refractivity contribution >= 4 is 0 Å². The molecule has 1 aliphatic heterocycles. The third-order valence-electron chi connectivity index (χ3n) is 3.49. The Balaban J connectivity index is 2.92. The van der Waals surface area contributed by atoms with Crippen molar-refractivity contribution in [3.63, 3.8) is 0 Å². The molecule has 1 saturated heterocycles. The zero-order chi connectivity index (χ0) is 8.15. The average molecular weight is 139 g/mol. The van der Waals surface area contributed by atoms with E-state index in [0.29, 0.717) is 0 Å². The maximum absolute atomic E-state index is 4.02. The fourth-order valence-electron chi connectivity index (χ4n) is 1.48. The zero-order valence-electron chi connectivity index (χ0n) is 7.65. The van der Waals surface area contributed by atoms with Crippen LogP contribution in [0.1, 0.15) is 27.7 Å². The third-order valence-corrected chi connectivity index (χ3v) is 3.49. The second-order valence-corrected chi connectivity index (χ2v) is 4.19. The first kappa shape index (κ1) is 7.64. The maximum Gasteiger partial charge on any atom is 0.0444 e. The van der Waals surface area contributed by atoms with Crippen LogP contribution in [0.5, 0.6) is 0 Å². The molecule has 0 radical (unpaired) electrons. The van der Waals surface area contributed by atoms with Crippen LogP contribution in [0.3, 0.4) is 0 Å². The van der Waals surface area contributed by atoms with Gasteiger partial charge in [-0.2, -0.15) is 0 Å². The van der Waals surface area contributed by atoms with Gasteiger partial charge in [-0.05, 0) is 13.8 Å². The van der Waals surface area contributed by atoms with Gasteiger partial charge in [0.1, 0.15) is 0 Å². The predicted octanol–water partition coefficient (Wildman–Crippen LogP) is 2.25. The molecule has 0 aliphatic carbocycles. The van der Waals surface area contributed by atoms with Crippen molar-refractivity contribution < 1.29 is 0 Å². The van der Waals surface area contributed by atoms with E-state index < -0.39 is 0 Å². The summed E-state index contributed by atoms with van der Waals surface area (Å²) in [5, 5.41) is 0. The predicted molar refractivity (Wildman–Crippen MR) is 44.8 cm³/mol. The molecule has 0 aromatic carbocycles. The summed E-state index contributed by atoms with van der Waals surface area (Å²) in [5.74, 6) is 0. The lowest BCUT2D eigenvalue weighted by Crippen LogP contribution is -2.64. The molecule has 0 amide bonds. The second-order valence-electron chi connectivity index (χ2n) is 4.19. The Bertz CT molecular complexity index is 177. The highest BCUT2D eigenvalue weighted by atomic mass is 15.3. The van der Waals surface area contributed by atoms with Crippen molar-refractivity contribution in [3.05, 3.63) is 12.3 Å². The molecule has 0 N–H and O–H groups in total. The summed E-state index contributed by atoms with van der Waals surface area (Å²) in [7, 11) is 2.10. The van der Waals surface area contributed by atoms with E-state index >= 15 is 0 Å². The van der Waals surface area contributed by atoms with Crippen LogP contribution in [0.25, 0.3) is 0 Å². The molecule has 0 saturated carbocycles. The summed E-state index contributed by atoms with van der Waals surface area (Å²) >= 11 is 0. The van der Waals surface area contributed by atoms with Crippen LogP contribution in [-0.2, 0) is 0 Å². The fraction of sp³-hybridized carbons (Fsp3) is 0.778. The highest BCUT2D eigenvalue weighted by Crippen LogP contribution is 2.52. The van der Waals surface area contributed by atoms with Gasteiger partial charge in [-0.15, -0.1) is 0 Å².